The summed E-state index contributed by atoms with van der Waals surface area (Å²) in [6, 6.07) is 6.25. The zero-order valence-electron chi connectivity index (χ0n) is 12.0. The fraction of sp³-hybridized carbons (Fsp3) is 0.125. The third kappa shape index (κ3) is 2.54. The lowest BCUT2D eigenvalue weighted by molar-refractivity contribution is -0.137. The monoisotopic (exact) mass is 322 g/mol. The predicted molar refractivity (Wildman–Crippen MR) is 79.7 cm³/mol. The van der Waals surface area contributed by atoms with E-state index in [1.54, 1.807) is 19.2 Å². The number of aromatic amines is 1. The molecule has 4 N–H and O–H groups in total. The second-order valence-electron chi connectivity index (χ2n) is 5.11. The van der Waals surface area contributed by atoms with Gasteiger partial charge in [-0.1, -0.05) is 12.1 Å². The predicted octanol–water partition coefficient (Wildman–Crippen LogP) is 4.56. The molecule has 4 nitrogen and oxygen atoms in total. The first-order valence-corrected chi connectivity index (χ1v) is 6.72. The third-order valence-corrected chi connectivity index (χ3v) is 3.59. The summed E-state index contributed by atoms with van der Waals surface area (Å²) in [7, 11) is 0. The van der Waals surface area contributed by atoms with E-state index in [1.165, 1.54) is 12.1 Å². The van der Waals surface area contributed by atoms with E-state index in [-0.39, 0.29) is 28.5 Å². The van der Waals surface area contributed by atoms with Gasteiger partial charge in [0.15, 0.2) is 11.5 Å². The number of halogens is 3. The van der Waals surface area contributed by atoms with Gasteiger partial charge in [0.1, 0.15) is 0 Å². The second-order valence-corrected chi connectivity index (χ2v) is 5.11. The molecule has 0 fully saturated rings. The fourth-order valence-electron chi connectivity index (χ4n) is 2.45. The molecule has 0 bridgehead atoms. The number of aryl methyl sites for hydroxylation is 1. The van der Waals surface area contributed by atoms with Crippen molar-refractivity contribution < 1.29 is 22.7 Å². The van der Waals surface area contributed by atoms with Crippen LogP contribution in [0.4, 0.5) is 19.1 Å². The number of alkyl halides is 3. The van der Waals surface area contributed by atoms with Crippen molar-refractivity contribution in [3.63, 3.8) is 0 Å². The summed E-state index contributed by atoms with van der Waals surface area (Å²) in [4.78, 5) is 2.93. The van der Waals surface area contributed by atoms with Crippen molar-refractivity contribution in [2.24, 2.45) is 0 Å². The van der Waals surface area contributed by atoms with Gasteiger partial charge in [0.2, 0.25) is 5.88 Å². The van der Waals surface area contributed by atoms with Crippen LogP contribution in [-0.4, -0.2) is 10.1 Å². The largest absolute Gasteiger partial charge is 0.504 e. The van der Waals surface area contributed by atoms with Crippen molar-refractivity contribution in [1.29, 1.82) is 0 Å². The Morgan fingerprint density at radius 3 is 2.57 bits per heavy atom. The van der Waals surface area contributed by atoms with Crippen molar-refractivity contribution in [1.82, 2.24) is 4.98 Å². The molecule has 0 spiro atoms. The van der Waals surface area contributed by atoms with E-state index in [2.05, 4.69) is 4.98 Å². The van der Waals surface area contributed by atoms with E-state index in [0.29, 0.717) is 5.56 Å². The molecule has 7 heteroatoms. The van der Waals surface area contributed by atoms with E-state index >= 15 is 0 Å². The second kappa shape index (κ2) is 5.12. The average molecular weight is 322 g/mol. The number of furan rings is 1. The number of benzene rings is 1. The highest BCUT2D eigenvalue weighted by Crippen LogP contribution is 2.46. The number of rotatable bonds is 2. The van der Waals surface area contributed by atoms with Gasteiger partial charge in [0.05, 0.1) is 11.1 Å². The molecular weight excluding hydrogens is 309 g/mol. The van der Waals surface area contributed by atoms with E-state index < -0.39 is 11.7 Å². The SMILES string of the molecule is Cc1[nH]ccc1-c1oc(N)c(-c2cccc(C(F)(F)F)c2)c1O. The molecule has 0 atom stereocenters. The number of nitrogens with one attached hydrogen (secondary N) is 1. The summed E-state index contributed by atoms with van der Waals surface area (Å²) in [5.74, 6) is -0.310. The summed E-state index contributed by atoms with van der Waals surface area (Å²) in [5, 5.41) is 10.4. The highest BCUT2D eigenvalue weighted by Gasteiger charge is 2.31. The zero-order chi connectivity index (χ0) is 16.8. The van der Waals surface area contributed by atoms with Crippen molar-refractivity contribution in [2.45, 2.75) is 13.1 Å². The minimum atomic E-state index is -4.48. The molecule has 0 aliphatic rings. The van der Waals surface area contributed by atoms with Crippen LogP contribution in [0, 0.1) is 6.92 Å². The van der Waals surface area contributed by atoms with Gasteiger partial charge < -0.3 is 20.2 Å². The lowest BCUT2D eigenvalue weighted by Gasteiger charge is -2.08. The minimum Gasteiger partial charge on any atom is -0.504 e. The molecule has 3 rings (SSSR count). The fourth-order valence-corrected chi connectivity index (χ4v) is 2.45. The van der Waals surface area contributed by atoms with E-state index in [4.69, 9.17) is 10.2 Å². The maximum absolute atomic E-state index is 12.8. The molecule has 0 radical (unpaired) electrons. The van der Waals surface area contributed by atoms with Crippen molar-refractivity contribution in [3.05, 3.63) is 47.8 Å². The first-order chi connectivity index (χ1) is 10.8. The Kier molecular flexibility index (Phi) is 3.35. The van der Waals surface area contributed by atoms with Crippen LogP contribution in [0.15, 0.2) is 40.9 Å². The molecule has 0 unspecified atom stereocenters. The Labute approximate surface area is 129 Å². The number of hydrogen-bond donors (Lipinski definition) is 3. The van der Waals surface area contributed by atoms with E-state index in [9.17, 15) is 18.3 Å². The Hall–Kier alpha value is -2.83. The van der Waals surface area contributed by atoms with Crippen LogP contribution < -0.4 is 5.73 Å². The average Bonchev–Trinajstić information content (AvgIpc) is 3.01. The Morgan fingerprint density at radius 1 is 1.22 bits per heavy atom. The smallest absolute Gasteiger partial charge is 0.416 e. The maximum atomic E-state index is 12.8. The van der Waals surface area contributed by atoms with Gasteiger partial charge in [-0.3, -0.25) is 0 Å². The summed E-state index contributed by atoms with van der Waals surface area (Å²) in [6.45, 7) is 1.78. The van der Waals surface area contributed by atoms with E-state index in [1.807, 2.05) is 0 Å². The molecule has 2 heterocycles. The quantitative estimate of drug-likeness (QED) is 0.647. The van der Waals surface area contributed by atoms with Crippen LogP contribution in [0.5, 0.6) is 5.75 Å². The highest BCUT2D eigenvalue weighted by atomic mass is 19.4. The minimum absolute atomic E-state index is 0.0479. The number of aromatic hydroxyl groups is 1. The van der Waals surface area contributed by atoms with Crippen LogP contribution in [-0.2, 0) is 6.18 Å². The van der Waals surface area contributed by atoms with Crippen LogP contribution >= 0.6 is 0 Å². The summed E-state index contributed by atoms with van der Waals surface area (Å²) < 4.78 is 43.9. The van der Waals surface area contributed by atoms with Gasteiger partial charge in [-0.2, -0.15) is 13.2 Å². The summed E-state index contributed by atoms with van der Waals surface area (Å²) in [6.07, 6.45) is -2.82. The Bertz CT molecular complexity index is 863. The zero-order valence-corrected chi connectivity index (χ0v) is 12.0. The van der Waals surface area contributed by atoms with Gasteiger partial charge in [0, 0.05) is 17.5 Å². The molecule has 3 aromatic rings. The van der Waals surface area contributed by atoms with Crippen LogP contribution in [0.3, 0.4) is 0 Å². The highest BCUT2D eigenvalue weighted by molar-refractivity contribution is 5.87. The van der Waals surface area contributed by atoms with Gasteiger partial charge in [-0.05, 0) is 30.7 Å². The lowest BCUT2D eigenvalue weighted by atomic mass is 10.0. The molecule has 1 aromatic carbocycles. The molecule has 120 valence electrons. The molecular formula is C16H13F3N2O2. The van der Waals surface area contributed by atoms with Crippen LogP contribution in [0.25, 0.3) is 22.5 Å². The molecule has 0 aliphatic carbocycles. The first kappa shape index (κ1) is 15.1. The number of nitrogens with two attached hydrogens (primary N) is 1. The van der Waals surface area contributed by atoms with Crippen molar-refractivity contribution in [3.8, 4) is 28.2 Å². The Morgan fingerprint density at radius 2 is 1.96 bits per heavy atom. The molecule has 0 aliphatic heterocycles. The van der Waals surface area contributed by atoms with Gasteiger partial charge in [-0.15, -0.1) is 0 Å². The summed E-state index contributed by atoms with van der Waals surface area (Å²) >= 11 is 0. The Balaban J connectivity index is 2.15. The van der Waals surface area contributed by atoms with Crippen LogP contribution in [0.2, 0.25) is 0 Å². The normalized spacial score (nSPS) is 11.8. The lowest BCUT2D eigenvalue weighted by Crippen LogP contribution is -2.04. The van der Waals surface area contributed by atoms with Gasteiger partial charge >= 0.3 is 6.18 Å². The number of anilines is 1. The van der Waals surface area contributed by atoms with E-state index in [0.717, 1.165) is 17.8 Å². The third-order valence-electron chi connectivity index (χ3n) is 3.59. The van der Waals surface area contributed by atoms with Gasteiger partial charge in [0.25, 0.3) is 0 Å². The number of hydrogen-bond acceptors (Lipinski definition) is 3. The van der Waals surface area contributed by atoms with Crippen LogP contribution in [0.1, 0.15) is 11.3 Å². The molecule has 23 heavy (non-hydrogen) atoms. The molecule has 0 saturated carbocycles. The van der Waals surface area contributed by atoms with Crippen molar-refractivity contribution in [2.75, 3.05) is 5.73 Å². The van der Waals surface area contributed by atoms with Gasteiger partial charge in [-0.25, -0.2) is 0 Å². The topological polar surface area (TPSA) is 75.2 Å². The number of H-pyrrole nitrogens is 1. The molecule has 0 amide bonds. The number of nitrogen functional groups attached to an aromatic ring is 1. The maximum Gasteiger partial charge on any atom is 0.416 e. The first-order valence-electron chi connectivity index (χ1n) is 6.72. The molecule has 2 aromatic heterocycles. The summed E-state index contributed by atoms with van der Waals surface area (Å²) in [5.41, 5.74) is 6.46. The number of aromatic nitrogens is 1. The standard InChI is InChI=1S/C16H13F3N2O2/c1-8-11(5-6-21-8)14-13(22)12(15(20)23-14)9-3-2-4-10(7-9)16(17,18)19/h2-7,21-22H,20H2,1H3. The van der Waals surface area contributed by atoms with Crippen molar-refractivity contribution >= 4 is 5.88 Å². The molecule has 0 saturated heterocycles.